The average molecular weight is 297 g/mol. The summed E-state index contributed by atoms with van der Waals surface area (Å²) in [4.78, 5) is 11.9. The van der Waals surface area contributed by atoms with Crippen molar-refractivity contribution in [2.24, 2.45) is 0 Å². The summed E-state index contributed by atoms with van der Waals surface area (Å²) in [6, 6.07) is 7.37. The number of rotatable bonds is 3. The quantitative estimate of drug-likeness (QED) is 0.803. The van der Waals surface area contributed by atoms with Crippen LogP contribution in [0.5, 0.6) is 0 Å². The van der Waals surface area contributed by atoms with Crippen LogP contribution in [0.1, 0.15) is 44.2 Å². The predicted molar refractivity (Wildman–Crippen MR) is 79.8 cm³/mol. The maximum absolute atomic E-state index is 11.9. The molecule has 20 heavy (non-hydrogen) atoms. The van der Waals surface area contributed by atoms with E-state index in [0.29, 0.717) is 5.02 Å². The van der Waals surface area contributed by atoms with E-state index in [0.717, 1.165) is 31.2 Å². The topological polar surface area (TPSA) is 61.4 Å². The number of benzene rings is 1. The Bertz CT molecular complexity index is 459. The molecule has 2 rings (SSSR count). The zero-order valence-corrected chi connectivity index (χ0v) is 12.4. The molecule has 110 valence electrons. The average Bonchev–Trinajstić information content (AvgIpc) is 2.41. The van der Waals surface area contributed by atoms with Crippen LogP contribution in [0.3, 0.4) is 0 Å². The van der Waals surface area contributed by atoms with Crippen molar-refractivity contribution in [1.82, 2.24) is 10.6 Å². The third-order valence-electron chi connectivity index (χ3n) is 3.73. The van der Waals surface area contributed by atoms with Gasteiger partial charge >= 0.3 is 6.03 Å². The van der Waals surface area contributed by atoms with Gasteiger partial charge in [-0.3, -0.25) is 0 Å². The van der Waals surface area contributed by atoms with Crippen LogP contribution < -0.4 is 10.6 Å². The zero-order valence-electron chi connectivity index (χ0n) is 11.6. The predicted octanol–water partition coefficient (Wildman–Crippen LogP) is 3.00. The maximum atomic E-state index is 11.9. The van der Waals surface area contributed by atoms with E-state index in [1.807, 2.05) is 31.2 Å². The fraction of sp³-hybridized carbons (Fsp3) is 0.533. The van der Waals surface area contributed by atoms with E-state index < -0.39 is 0 Å². The Morgan fingerprint density at radius 1 is 1.35 bits per heavy atom. The van der Waals surface area contributed by atoms with Crippen LogP contribution in [0.15, 0.2) is 24.3 Å². The van der Waals surface area contributed by atoms with Gasteiger partial charge < -0.3 is 15.7 Å². The second-order valence-corrected chi connectivity index (χ2v) is 5.84. The standard InChI is InChI=1S/C15H21ClN2O2/c1-10(11-3-2-4-12(16)9-11)17-15(20)18-13-5-7-14(19)8-6-13/h2-4,9-10,13-14,19H,5-8H2,1H3,(H2,17,18,20). The van der Waals surface area contributed by atoms with Gasteiger partial charge in [0, 0.05) is 11.1 Å². The number of amides is 2. The van der Waals surface area contributed by atoms with Crippen molar-refractivity contribution in [3.63, 3.8) is 0 Å². The summed E-state index contributed by atoms with van der Waals surface area (Å²) < 4.78 is 0. The molecule has 1 saturated carbocycles. The number of carbonyl (C=O) groups excluding carboxylic acids is 1. The minimum Gasteiger partial charge on any atom is -0.393 e. The molecular weight excluding hydrogens is 276 g/mol. The molecular formula is C15H21ClN2O2. The van der Waals surface area contributed by atoms with Crippen molar-refractivity contribution in [2.75, 3.05) is 0 Å². The van der Waals surface area contributed by atoms with Crippen LogP contribution in [0, 0.1) is 0 Å². The lowest BCUT2D eigenvalue weighted by molar-refractivity contribution is 0.117. The van der Waals surface area contributed by atoms with E-state index >= 15 is 0 Å². The Morgan fingerprint density at radius 3 is 2.70 bits per heavy atom. The van der Waals surface area contributed by atoms with Gasteiger partial charge in [0.25, 0.3) is 0 Å². The Labute approximate surface area is 124 Å². The van der Waals surface area contributed by atoms with Gasteiger partial charge in [0.05, 0.1) is 12.1 Å². The normalized spacial score (nSPS) is 23.9. The highest BCUT2D eigenvalue weighted by Crippen LogP contribution is 2.19. The number of nitrogens with one attached hydrogen (secondary N) is 2. The van der Waals surface area contributed by atoms with Crippen LogP contribution in [-0.2, 0) is 0 Å². The molecule has 0 heterocycles. The van der Waals surface area contributed by atoms with Gasteiger partial charge in [0.15, 0.2) is 0 Å². The molecule has 1 aliphatic carbocycles. The molecule has 0 radical (unpaired) electrons. The number of halogens is 1. The van der Waals surface area contributed by atoms with E-state index in [2.05, 4.69) is 10.6 Å². The molecule has 1 aromatic carbocycles. The van der Waals surface area contributed by atoms with Gasteiger partial charge in [0.2, 0.25) is 0 Å². The van der Waals surface area contributed by atoms with Crippen LogP contribution in [0.25, 0.3) is 0 Å². The first kappa shape index (κ1) is 15.1. The minimum absolute atomic E-state index is 0.0946. The fourth-order valence-corrected chi connectivity index (χ4v) is 2.70. The smallest absolute Gasteiger partial charge is 0.315 e. The highest BCUT2D eigenvalue weighted by atomic mass is 35.5. The SMILES string of the molecule is CC(NC(=O)NC1CCC(O)CC1)c1cccc(Cl)c1. The van der Waals surface area contributed by atoms with Crippen LogP contribution in [0.2, 0.25) is 5.02 Å². The molecule has 0 bridgehead atoms. The third-order valence-corrected chi connectivity index (χ3v) is 3.96. The monoisotopic (exact) mass is 296 g/mol. The molecule has 0 aliphatic heterocycles. The lowest BCUT2D eigenvalue weighted by Crippen LogP contribution is -2.44. The number of urea groups is 1. The summed E-state index contributed by atoms with van der Waals surface area (Å²) in [5.74, 6) is 0. The Morgan fingerprint density at radius 2 is 2.05 bits per heavy atom. The zero-order chi connectivity index (χ0) is 14.5. The Kier molecular flexibility index (Phi) is 5.26. The summed E-state index contributed by atoms with van der Waals surface area (Å²) in [6.45, 7) is 1.93. The summed E-state index contributed by atoms with van der Waals surface area (Å²) in [5.41, 5.74) is 0.978. The van der Waals surface area contributed by atoms with Crippen molar-refractivity contribution >= 4 is 17.6 Å². The molecule has 2 amide bonds. The van der Waals surface area contributed by atoms with Crippen molar-refractivity contribution in [3.05, 3.63) is 34.9 Å². The van der Waals surface area contributed by atoms with Crippen LogP contribution in [0.4, 0.5) is 4.79 Å². The van der Waals surface area contributed by atoms with Crippen molar-refractivity contribution < 1.29 is 9.90 Å². The lowest BCUT2D eigenvalue weighted by atomic mass is 9.93. The molecule has 1 aromatic rings. The van der Waals surface area contributed by atoms with Gasteiger partial charge in [-0.25, -0.2) is 4.79 Å². The molecule has 1 atom stereocenters. The van der Waals surface area contributed by atoms with E-state index in [1.165, 1.54) is 0 Å². The van der Waals surface area contributed by atoms with E-state index in [1.54, 1.807) is 0 Å². The van der Waals surface area contributed by atoms with Gasteiger partial charge in [-0.15, -0.1) is 0 Å². The van der Waals surface area contributed by atoms with Crippen molar-refractivity contribution in [2.45, 2.75) is 50.8 Å². The Balaban J connectivity index is 1.82. The maximum Gasteiger partial charge on any atom is 0.315 e. The molecule has 0 saturated heterocycles. The summed E-state index contributed by atoms with van der Waals surface area (Å²) in [6.07, 6.45) is 2.98. The molecule has 3 N–H and O–H groups in total. The number of hydrogen-bond donors (Lipinski definition) is 3. The van der Waals surface area contributed by atoms with E-state index in [4.69, 9.17) is 11.6 Å². The highest BCUT2D eigenvalue weighted by Gasteiger charge is 2.21. The second kappa shape index (κ2) is 6.95. The first-order chi connectivity index (χ1) is 9.54. The number of carbonyl (C=O) groups is 1. The largest absolute Gasteiger partial charge is 0.393 e. The van der Waals surface area contributed by atoms with Gasteiger partial charge in [0.1, 0.15) is 0 Å². The van der Waals surface area contributed by atoms with E-state index in [-0.39, 0.29) is 24.2 Å². The first-order valence-electron chi connectivity index (χ1n) is 7.05. The molecule has 4 nitrogen and oxygen atoms in total. The summed E-state index contributed by atoms with van der Waals surface area (Å²) in [7, 11) is 0. The minimum atomic E-state index is -0.207. The molecule has 5 heteroatoms. The summed E-state index contributed by atoms with van der Waals surface area (Å²) >= 11 is 5.94. The number of hydrogen-bond acceptors (Lipinski definition) is 2. The van der Waals surface area contributed by atoms with Crippen LogP contribution in [-0.4, -0.2) is 23.3 Å². The van der Waals surface area contributed by atoms with Crippen molar-refractivity contribution in [3.8, 4) is 0 Å². The molecule has 0 spiro atoms. The second-order valence-electron chi connectivity index (χ2n) is 5.40. The number of aliphatic hydroxyl groups is 1. The van der Waals surface area contributed by atoms with E-state index in [9.17, 15) is 9.90 Å². The van der Waals surface area contributed by atoms with Gasteiger partial charge in [-0.1, -0.05) is 23.7 Å². The molecule has 1 fully saturated rings. The third kappa shape index (κ3) is 4.39. The Hall–Kier alpha value is -1.26. The number of aliphatic hydroxyl groups excluding tert-OH is 1. The fourth-order valence-electron chi connectivity index (χ4n) is 2.50. The molecule has 1 unspecified atom stereocenters. The first-order valence-corrected chi connectivity index (χ1v) is 7.43. The lowest BCUT2D eigenvalue weighted by Gasteiger charge is -2.27. The van der Waals surface area contributed by atoms with Gasteiger partial charge in [-0.2, -0.15) is 0 Å². The summed E-state index contributed by atoms with van der Waals surface area (Å²) in [5, 5.41) is 16.0. The van der Waals surface area contributed by atoms with Gasteiger partial charge in [-0.05, 0) is 50.3 Å². The molecule has 0 aromatic heterocycles. The highest BCUT2D eigenvalue weighted by molar-refractivity contribution is 6.30. The molecule has 1 aliphatic rings. The van der Waals surface area contributed by atoms with Crippen LogP contribution >= 0.6 is 11.6 Å². The van der Waals surface area contributed by atoms with Crippen molar-refractivity contribution in [1.29, 1.82) is 0 Å².